The highest BCUT2D eigenvalue weighted by Gasteiger charge is 2.32. The maximum atomic E-state index is 13.1. The van der Waals surface area contributed by atoms with Crippen LogP contribution in [0.1, 0.15) is 63.2 Å². The fraction of sp³-hybridized carbons (Fsp3) is 0.600. The first-order chi connectivity index (χ1) is 15.7. The lowest BCUT2D eigenvalue weighted by Crippen LogP contribution is -2.48. The minimum Gasteiger partial charge on any atom is -0.384 e. The molecule has 2 aromatic rings. The van der Waals surface area contributed by atoms with Crippen LogP contribution in [0.3, 0.4) is 0 Å². The number of benzene rings is 1. The summed E-state index contributed by atoms with van der Waals surface area (Å²) in [7, 11) is 0. The Bertz CT molecular complexity index is 980. The maximum absolute atomic E-state index is 13.1. The molecule has 8 heteroatoms. The van der Waals surface area contributed by atoms with Gasteiger partial charge < -0.3 is 9.73 Å². The Balaban J connectivity index is 1.67. The number of hydrogen-bond donors (Lipinski definition) is 1. The summed E-state index contributed by atoms with van der Waals surface area (Å²) < 4.78 is 6.31. The second kappa shape index (κ2) is 11.4. The Labute approximate surface area is 195 Å². The van der Waals surface area contributed by atoms with E-state index in [1.165, 1.54) is 10.2 Å². The maximum Gasteiger partial charge on any atom is 0.437 e. The van der Waals surface area contributed by atoms with E-state index in [0.29, 0.717) is 19.5 Å². The van der Waals surface area contributed by atoms with Gasteiger partial charge in [-0.15, -0.1) is 5.10 Å². The number of nitrogens with zero attached hydrogens (tertiary/aromatic N) is 3. The molecule has 1 fully saturated rings. The molecule has 0 aliphatic carbocycles. The lowest BCUT2D eigenvalue weighted by Gasteiger charge is -2.32. The highest BCUT2D eigenvalue weighted by molar-refractivity contribution is 5.98. The molecule has 0 spiro atoms. The third kappa shape index (κ3) is 7.12. The monoisotopic (exact) mass is 456 g/mol. The summed E-state index contributed by atoms with van der Waals surface area (Å²) >= 11 is 0. The molecule has 3 rings (SSSR count). The van der Waals surface area contributed by atoms with Gasteiger partial charge in [-0.3, -0.25) is 14.5 Å². The average Bonchev–Trinajstić information content (AvgIpc) is 3.13. The Morgan fingerprint density at radius 1 is 1.15 bits per heavy atom. The molecule has 1 unspecified atom stereocenters. The predicted molar refractivity (Wildman–Crippen MR) is 126 cm³/mol. The van der Waals surface area contributed by atoms with E-state index in [9.17, 15) is 14.4 Å². The number of carbonyl (C=O) groups excluding carboxylic acids is 2. The smallest absolute Gasteiger partial charge is 0.384 e. The third-order valence-electron chi connectivity index (χ3n) is 5.82. The average molecular weight is 457 g/mol. The van der Waals surface area contributed by atoms with E-state index >= 15 is 0 Å². The number of nitrogens with one attached hydrogen (secondary N) is 1. The number of hydrogen-bond acceptors (Lipinski definition) is 6. The second-order valence-corrected chi connectivity index (χ2v) is 9.86. The molecule has 1 aliphatic heterocycles. The van der Waals surface area contributed by atoms with Gasteiger partial charge in [0.2, 0.25) is 11.7 Å². The van der Waals surface area contributed by atoms with Crippen molar-refractivity contribution in [2.45, 2.75) is 66.1 Å². The molecule has 2 heterocycles. The second-order valence-electron chi connectivity index (χ2n) is 9.86. The van der Waals surface area contributed by atoms with E-state index in [1.54, 1.807) is 0 Å². The molecule has 1 aromatic carbocycles. The van der Waals surface area contributed by atoms with E-state index in [1.807, 2.05) is 45.9 Å². The van der Waals surface area contributed by atoms with Crippen molar-refractivity contribution >= 4 is 11.7 Å². The highest BCUT2D eigenvalue weighted by atomic mass is 16.4. The van der Waals surface area contributed by atoms with Crippen molar-refractivity contribution in [3.8, 4) is 0 Å². The third-order valence-corrected chi connectivity index (χ3v) is 5.82. The normalized spacial score (nSPS) is 17.9. The number of rotatable bonds is 10. The summed E-state index contributed by atoms with van der Waals surface area (Å²) in [5.41, 5.74) is 1.22. The van der Waals surface area contributed by atoms with Crippen molar-refractivity contribution in [2.75, 3.05) is 13.1 Å². The Kier molecular flexibility index (Phi) is 8.61. The standard InChI is InChI=1S/C25H36N4O4/c1-17(2)13-21(22(30)24-27-29(14-18(3)4)25(32)33-24)26-23(31)20-11-8-12-28(16-20)15-19-9-6-5-7-10-19/h5-7,9-10,17-18,20-21H,8,11-16H2,1-4H3,(H,26,31)/t20-,21?/m1/s1. The quantitative estimate of drug-likeness (QED) is 0.552. The van der Waals surface area contributed by atoms with Crippen LogP contribution in [0.15, 0.2) is 39.5 Å². The molecule has 1 saturated heterocycles. The molecule has 33 heavy (non-hydrogen) atoms. The predicted octanol–water partition coefficient (Wildman–Crippen LogP) is 3.12. The van der Waals surface area contributed by atoms with Gasteiger partial charge in [0.05, 0.1) is 18.5 Å². The summed E-state index contributed by atoms with van der Waals surface area (Å²) in [4.78, 5) is 40.6. The fourth-order valence-electron chi connectivity index (χ4n) is 4.26. The largest absolute Gasteiger partial charge is 0.437 e. The van der Waals surface area contributed by atoms with Crippen molar-refractivity contribution in [1.29, 1.82) is 0 Å². The van der Waals surface area contributed by atoms with Gasteiger partial charge in [-0.1, -0.05) is 58.0 Å². The Morgan fingerprint density at radius 3 is 2.55 bits per heavy atom. The van der Waals surface area contributed by atoms with Crippen LogP contribution in [0.4, 0.5) is 0 Å². The van der Waals surface area contributed by atoms with E-state index in [-0.39, 0.29) is 29.6 Å². The van der Waals surface area contributed by atoms with E-state index in [4.69, 9.17) is 4.42 Å². The van der Waals surface area contributed by atoms with Gasteiger partial charge in [0.25, 0.3) is 5.89 Å². The molecule has 1 amide bonds. The van der Waals surface area contributed by atoms with Crippen LogP contribution < -0.4 is 11.1 Å². The molecule has 2 atom stereocenters. The molecule has 1 aromatic heterocycles. The molecular weight excluding hydrogens is 420 g/mol. The van der Waals surface area contributed by atoms with Crippen molar-refractivity contribution in [3.05, 3.63) is 52.3 Å². The summed E-state index contributed by atoms with van der Waals surface area (Å²) in [5, 5.41) is 7.03. The number of Topliss-reactive ketones (excluding diaryl/α,β-unsaturated/α-hetero) is 1. The van der Waals surface area contributed by atoms with Crippen molar-refractivity contribution in [3.63, 3.8) is 0 Å². The van der Waals surface area contributed by atoms with Gasteiger partial charge in [0.1, 0.15) is 0 Å². The summed E-state index contributed by atoms with van der Waals surface area (Å²) in [6.07, 6.45) is 2.17. The van der Waals surface area contributed by atoms with Gasteiger partial charge in [-0.05, 0) is 43.2 Å². The molecule has 180 valence electrons. The van der Waals surface area contributed by atoms with E-state index < -0.39 is 17.6 Å². The number of piperidine rings is 1. The van der Waals surface area contributed by atoms with Crippen LogP contribution in [-0.2, 0) is 17.9 Å². The first-order valence-corrected chi connectivity index (χ1v) is 11.9. The summed E-state index contributed by atoms with van der Waals surface area (Å²) in [5.74, 6) is -1.29. The van der Waals surface area contributed by atoms with Gasteiger partial charge >= 0.3 is 5.76 Å². The van der Waals surface area contributed by atoms with E-state index in [0.717, 1.165) is 25.9 Å². The zero-order chi connectivity index (χ0) is 24.0. The fourth-order valence-corrected chi connectivity index (χ4v) is 4.26. The van der Waals surface area contributed by atoms with Crippen molar-refractivity contribution < 1.29 is 14.0 Å². The first-order valence-electron chi connectivity index (χ1n) is 11.9. The van der Waals surface area contributed by atoms with Gasteiger partial charge in [-0.2, -0.15) is 4.68 Å². The van der Waals surface area contributed by atoms with E-state index in [2.05, 4.69) is 27.4 Å². The Morgan fingerprint density at radius 2 is 1.88 bits per heavy atom. The topological polar surface area (TPSA) is 97.4 Å². The summed E-state index contributed by atoms with van der Waals surface area (Å²) in [6.45, 7) is 10.7. The number of ketones is 1. The molecule has 0 saturated carbocycles. The molecular formula is C25H36N4O4. The van der Waals surface area contributed by atoms with Crippen LogP contribution in [-0.4, -0.2) is 45.5 Å². The molecule has 0 radical (unpaired) electrons. The molecule has 1 N–H and O–H groups in total. The van der Waals surface area contributed by atoms with Crippen molar-refractivity contribution in [1.82, 2.24) is 20.0 Å². The Hall–Kier alpha value is -2.74. The number of aromatic nitrogens is 2. The molecule has 0 bridgehead atoms. The van der Waals surface area contributed by atoms with Gasteiger partial charge in [0.15, 0.2) is 0 Å². The van der Waals surface area contributed by atoms with Crippen LogP contribution >= 0.6 is 0 Å². The summed E-state index contributed by atoms with van der Waals surface area (Å²) in [6, 6.07) is 9.45. The van der Waals surface area contributed by atoms with Crippen LogP contribution in [0.2, 0.25) is 0 Å². The number of likely N-dealkylation sites (tertiary alicyclic amines) is 1. The lowest BCUT2D eigenvalue weighted by molar-refractivity contribution is -0.127. The highest BCUT2D eigenvalue weighted by Crippen LogP contribution is 2.20. The number of amides is 1. The van der Waals surface area contributed by atoms with Gasteiger partial charge in [0, 0.05) is 13.1 Å². The SMILES string of the molecule is CC(C)CC(NC(=O)[C@@H]1CCCN(Cc2ccccc2)C1)C(=O)c1nn(CC(C)C)c(=O)o1. The molecule has 1 aliphatic rings. The minimum absolute atomic E-state index is 0.129. The lowest BCUT2D eigenvalue weighted by atomic mass is 9.94. The first kappa shape index (κ1) is 24.9. The molecule has 8 nitrogen and oxygen atoms in total. The van der Waals surface area contributed by atoms with Crippen LogP contribution in [0, 0.1) is 17.8 Å². The zero-order valence-electron chi connectivity index (χ0n) is 20.1. The van der Waals surface area contributed by atoms with Gasteiger partial charge in [-0.25, -0.2) is 4.79 Å². The van der Waals surface area contributed by atoms with Crippen molar-refractivity contribution in [2.24, 2.45) is 17.8 Å². The minimum atomic E-state index is -0.771. The van der Waals surface area contributed by atoms with Crippen LogP contribution in [0.5, 0.6) is 0 Å². The zero-order valence-corrected chi connectivity index (χ0v) is 20.1. The van der Waals surface area contributed by atoms with Crippen LogP contribution in [0.25, 0.3) is 0 Å². The number of carbonyl (C=O) groups is 2.